The molecule has 0 bridgehead atoms. The molecule has 1 saturated carbocycles. The Kier molecular flexibility index (Phi) is 6.59. The summed E-state index contributed by atoms with van der Waals surface area (Å²) in [5.41, 5.74) is -1.24. The summed E-state index contributed by atoms with van der Waals surface area (Å²) >= 11 is 0. The van der Waals surface area contributed by atoms with E-state index in [1.54, 1.807) is 19.9 Å². The third-order valence-electron chi connectivity index (χ3n) is 3.59. The Bertz CT molecular complexity index is 406. The largest absolute Gasteiger partial charge is 0.465 e. The summed E-state index contributed by atoms with van der Waals surface area (Å²) < 4.78 is 9.96. The Morgan fingerprint density at radius 2 is 1.67 bits per heavy atom. The van der Waals surface area contributed by atoms with Crippen molar-refractivity contribution in [1.29, 1.82) is 0 Å². The van der Waals surface area contributed by atoms with Gasteiger partial charge in [0.2, 0.25) is 0 Å². The lowest BCUT2D eigenvalue weighted by Crippen LogP contribution is -2.31. The van der Waals surface area contributed by atoms with Crippen molar-refractivity contribution in [2.45, 2.75) is 46.5 Å². The van der Waals surface area contributed by atoms with E-state index >= 15 is 0 Å². The van der Waals surface area contributed by atoms with Crippen LogP contribution in [0.1, 0.15) is 46.5 Å². The lowest BCUT2D eigenvalue weighted by Gasteiger charge is -2.13. The topological polar surface area (TPSA) is 69.7 Å². The Balaban J connectivity index is 2.71. The normalized spacial score (nSPS) is 19.3. The Hall–Kier alpha value is -1.65. The van der Waals surface area contributed by atoms with Gasteiger partial charge in [0, 0.05) is 12.3 Å². The zero-order chi connectivity index (χ0) is 15.9. The molecule has 0 aliphatic heterocycles. The average molecular weight is 296 g/mol. The predicted octanol–water partition coefficient (Wildman–Crippen LogP) is 2.43. The molecule has 0 saturated heterocycles. The second-order valence-corrected chi connectivity index (χ2v) is 5.15. The van der Waals surface area contributed by atoms with Gasteiger partial charge in [-0.1, -0.05) is 19.4 Å². The molecule has 0 radical (unpaired) electrons. The van der Waals surface area contributed by atoms with E-state index in [0.717, 1.165) is 12.8 Å². The number of carbonyl (C=O) groups is 3. The Labute approximate surface area is 125 Å². The van der Waals surface area contributed by atoms with Gasteiger partial charge in [0.25, 0.3) is 0 Å². The van der Waals surface area contributed by atoms with Crippen molar-refractivity contribution in [2.24, 2.45) is 11.3 Å². The molecule has 1 fully saturated rings. The van der Waals surface area contributed by atoms with Gasteiger partial charge >= 0.3 is 11.9 Å². The maximum absolute atomic E-state index is 12.0. The van der Waals surface area contributed by atoms with Crippen molar-refractivity contribution >= 4 is 17.7 Å². The summed E-state index contributed by atoms with van der Waals surface area (Å²) in [5.74, 6) is -1.40. The fourth-order valence-corrected chi connectivity index (χ4v) is 2.25. The van der Waals surface area contributed by atoms with Gasteiger partial charge in [0.1, 0.15) is 0 Å². The number of hydrogen-bond acceptors (Lipinski definition) is 5. The van der Waals surface area contributed by atoms with Crippen LogP contribution in [-0.2, 0) is 23.9 Å². The minimum absolute atomic E-state index is 0.0189. The lowest BCUT2D eigenvalue weighted by molar-refractivity contribution is -0.164. The summed E-state index contributed by atoms with van der Waals surface area (Å²) in [6.07, 6.45) is 5.76. The van der Waals surface area contributed by atoms with Crippen LogP contribution in [0.3, 0.4) is 0 Å². The number of unbranched alkanes of at least 4 members (excludes halogenated alkanes) is 1. The molecule has 0 heterocycles. The van der Waals surface area contributed by atoms with Crippen LogP contribution in [0.15, 0.2) is 12.2 Å². The van der Waals surface area contributed by atoms with E-state index in [2.05, 4.69) is 0 Å². The number of carbonyl (C=O) groups excluding carboxylic acids is 3. The first-order valence-electron chi connectivity index (χ1n) is 7.58. The maximum atomic E-state index is 12.0. The van der Waals surface area contributed by atoms with Crippen molar-refractivity contribution in [3.8, 4) is 0 Å². The van der Waals surface area contributed by atoms with E-state index in [1.165, 1.54) is 6.08 Å². The van der Waals surface area contributed by atoms with Gasteiger partial charge < -0.3 is 9.47 Å². The number of hydrogen-bond donors (Lipinski definition) is 0. The van der Waals surface area contributed by atoms with Gasteiger partial charge in [0.05, 0.1) is 13.2 Å². The van der Waals surface area contributed by atoms with E-state index in [-0.39, 0.29) is 24.9 Å². The molecular weight excluding hydrogens is 272 g/mol. The molecule has 0 N–H and O–H groups in total. The van der Waals surface area contributed by atoms with E-state index in [4.69, 9.17) is 9.47 Å². The van der Waals surface area contributed by atoms with Crippen molar-refractivity contribution in [3.63, 3.8) is 0 Å². The Morgan fingerprint density at radius 3 is 2.14 bits per heavy atom. The molecule has 0 aromatic rings. The molecule has 1 atom stereocenters. The SMILES string of the molecule is CCCCC(=O)C=CC1CC1(C(=O)OCC)C(=O)OCC. The highest BCUT2D eigenvalue weighted by molar-refractivity contribution is 6.04. The first-order valence-corrected chi connectivity index (χ1v) is 7.58. The molecule has 1 unspecified atom stereocenters. The zero-order valence-corrected chi connectivity index (χ0v) is 13.0. The molecular formula is C16H24O5. The van der Waals surface area contributed by atoms with E-state index in [9.17, 15) is 14.4 Å². The summed E-state index contributed by atoms with van der Waals surface area (Å²) in [6.45, 7) is 5.83. The van der Waals surface area contributed by atoms with Crippen LogP contribution in [0.2, 0.25) is 0 Å². The molecule has 0 spiro atoms. The summed E-state index contributed by atoms with van der Waals surface area (Å²) in [5, 5.41) is 0. The monoisotopic (exact) mass is 296 g/mol. The molecule has 0 aromatic carbocycles. The Morgan fingerprint density at radius 1 is 1.10 bits per heavy atom. The number of ether oxygens (including phenoxy) is 2. The molecule has 5 heteroatoms. The van der Waals surface area contributed by atoms with Gasteiger partial charge in [-0.2, -0.15) is 0 Å². The average Bonchev–Trinajstić information content (AvgIpc) is 3.19. The fraction of sp³-hybridized carbons (Fsp3) is 0.688. The van der Waals surface area contributed by atoms with Crippen LogP contribution in [0.25, 0.3) is 0 Å². The molecule has 0 aromatic heterocycles. The summed E-state index contributed by atoms with van der Waals surface area (Å²) in [7, 11) is 0. The van der Waals surface area contributed by atoms with Gasteiger partial charge in [-0.25, -0.2) is 0 Å². The van der Waals surface area contributed by atoms with Crippen LogP contribution in [0, 0.1) is 11.3 Å². The molecule has 1 aliphatic rings. The highest BCUT2D eigenvalue weighted by Crippen LogP contribution is 2.55. The van der Waals surface area contributed by atoms with Crippen molar-refractivity contribution in [1.82, 2.24) is 0 Å². The molecule has 5 nitrogen and oxygen atoms in total. The second-order valence-electron chi connectivity index (χ2n) is 5.15. The van der Waals surface area contributed by atoms with Gasteiger partial charge in [0.15, 0.2) is 11.2 Å². The van der Waals surface area contributed by atoms with Gasteiger partial charge in [-0.3, -0.25) is 14.4 Å². The minimum atomic E-state index is -1.24. The van der Waals surface area contributed by atoms with Crippen LogP contribution in [-0.4, -0.2) is 30.9 Å². The second kappa shape index (κ2) is 7.96. The molecule has 1 aliphatic carbocycles. The van der Waals surface area contributed by atoms with Gasteiger partial charge in [-0.05, 0) is 32.8 Å². The van der Waals surface area contributed by atoms with Crippen molar-refractivity contribution in [3.05, 3.63) is 12.2 Å². The molecule has 1 rings (SSSR count). The zero-order valence-electron chi connectivity index (χ0n) is 13.0. The predicted molar refractivity (Wildman–Crippen MR) is 77.5 cm³/mol. The van der Waals surface area contributed by atoms with E-state index < -0.39 is 17.4 Å². The molecule has 21 heavy (non-hydrogen) atoms. The summed E-state index contributed by atoms with van der Waals surface area (Å²) in [4.78, 5) is 35.7. The number of esters is 2. The maximum Gasteiger partial charge on any atom is 0.324 e. The number of rotatable bonds is 9. The van der Waals surface area contributed by atoms with Crippen LogP contribution in [0.5, 0.6) is 0 Å². The van der Waals surface area contributed by atoms with Gasteiger partial charge in [-0.15, -0.1) is 0 Å². The molecule has 0 amide bonds. The van der Waals surface area contributed by atoms with Crippen LogP contribution < -0.4 is 0 Å². The first kappa shape index (κ1) is 17.4. The number of ketones is 1. The van der Waals surface area contributed by atoms with E-state index in [1.807, 2.05) is 6.92 Å². The van der Waals surface area contributed by atoms with E-state index in [0.29, 0.717) is 12.8 Å². The fourth-order valence-electron chi connectivity index (χ4n) is 2.25. The highest BCUT2D eigenvalue weighted by Gasteiger charge is 2.67. The third-order valence-corrected chi connectivity index (χ3v) is 3.59. The van der Waals surface area contributed by atoms with Crippen molar-refractivity contribution in [2.75, 3.05) is 13.2 Å². The lowest BCUT2D eigenvalue weighted by atomic mass is 10.0. The number of allylic oxidation sites excluding steroid dienone is 2. The highest BCUT2D eigenvalue weighted by atomic mass is 16.6. The quantitative estimate of drug-likeness (QED) is 0.371. The smallest absolute Gasteiger partial charge is 0.324 e. The third kappa shape index (κ3) is 4.16. The minimum Gasteiger partial charge on any atom is -0.465 e. The van der Waals surface area contributed by atoms with Crippen LogP contribution >= 0.6 is 0 Å². The van der Waals surface area contributed by atoms with Crippen molar-refractivity contribution < 1.29 is 23.9 Å². The molecule has 118 valence electrons. The van der Waals surface area contributed by atoms with Crippen LogP contribution in [0.4, 0.5) is 0 Å². The summed E-state index contributed by atoms with van der Waals surface area (Å²) in [6, 6.07) is 0. The first-order chi connectivity index (χ1) is 10.0. The standard InChI is InChI=1S/C16H24O5/c1-4-7-8-13(17)10-9-12-11-16(12,14(18)20-5-2)15(19)21-6-3/h9-10,12H,4-8,11H2,1-3H3.